The molecule has 1 aliphatic rings. The Morgan fingerprint density at radius 1 is 1.70 bits per heavy atom. The fraction of sp³-hybridized carbons (Fsp3) is 1.00. The van der Waals surface area contributed by atoms with Crippen molar-refractivity contribution >= 4 is 0 Å². The van der Waals surface area contributed by atoms with Crippen molar-refractivity contribution in [3.63, 3.8) is 0 Å². The Kier molecular flexibility index (Phi) is 1.58. The second-order valence-corrected chi connectivity index (χ2v) is 3.37. The van der Waals surface area contributed by atoms with Gasteiger partial charge in [0.25, 0.3) is 0 Å². The number of nitrogens with zero attached hydrogens (tertiary/aromatic N) is 3. The molecule has 0 amide bonds. The third-order valence-corrected chi connectivity index (χ3v) is 2.48. The van der Waals surface area contributed by atoms with Gasteiger partial charge < -0.3 is 5.73 Å². The lowest BCUT2D eigenvalue weighted by Crippen LogP contribution is -2.06. The van der Waals surface area contributed by atoms with E-state index in [9.17, 15) is 0 Å². The third kappa shape index (κ3) is 0.958. The summed E-state index contributed by atoms with van der Waals surface area (Å²) in [7, 11) is 0. The summed E-state index contributed by atoms with van der Waals surface area (Å²) in [5.41, 5.74) is 13.9. The normalized spacial score (nSPS) is 34.7. The van der Waals surface area contributed by atoms with Crippen LogP contribution in [0.25, 0.3) is 10.4 Å². The van der Waals surface area contributed by atoms with Crippen LogP contribution >= 0.6 is 0 Å². The van der Waals surface area contributed by atoms with Crippen LogP contribution in [-0.4, -0.2) is 12.6 Å². The zero-order chi connectivity index (χ0) is 7.78. The van der Waals surface area contributed by atoms with Crippen molar-refractivity contribution < 1.29 is 0 Å². The van der Waals surface area contributed by atoms with E-state index in [1.165, 1.54) is 0 Å². The predicted molar refractivity (Wildman–Crippen MR) is 39.3 cm³/mol. The highest BCUT2D eigenvalue weighted by Gasteiger charge is 2.54. The van der Waals surface area contributed by atoms with E-state index < -0.39 is 0 Å². The van der Waals surface area contributed by atoms with E-state index in [0.29, 0.717) is 12.5 Å². The van der Waals surface area contributed by atoms with Gasteiger partial charge in [-0.15, -0.1) is 0 Å². The molecule has 0 heterocycles. The summed E-state index contributed by atoms with van der Waals surface area (Å²) in [6.07, 6.45) is 0. The van der Waals surface area contributed by atoms with Gasteiger partial charge in [-0.25, -0.2) is 0 Å². The molecule has 1 saturated carbocycles. The summed E-state index contributed by atoms with van der Waals surface area (Å²) in [5, 5.41) is 3.48. The van der Waals surface area contributed by atoms with Crippen molar-refractivity contribution in [3.05, 3.63) is 10.4 Å². The SMILES string of the molecule is CC1(C)[C@H](CN=[N+]=[N-])[C@@H]1N. The van der Waals surface area contributed by atoms with Gasteiger partial charge in [0.1, 0.15) is 0 Å². The Labute approximate surface area is 60.0 Å². The quantitative estimate of drug-likeness (QED) is 0.350. The van der Waals surface area contributed by atoms with Crippen LogP contribution in [0.2, 0.25) is 0 Å². The maximum absolute atomic E-state index is 8.02. The van der Waals surface area contributed by atoms with E-state index in [1.807, 2.05) is 0 Å². The van der Waals surface area contributed by atoms with Crippen LogP contribution in [0.3, 0.4) is 0 Å². The summed E-state index contributed by atoms with van der Waals surface area (Å²) >= 11 is 0. The summed E-state index contributed by atoms with van der Waals surface area (Å²) in [6, 6.07) is 0.220. The molecule has 2 atom stereocenters. The minimum absolute atomic E-state index is 0.189. The number of hydrogen-bond donors (Lipinski definition) is 1. The molecule has 4 nitrogen and oxygen atoms in total. The highest BCUT2D eigenvalue weighted by atomic mass is 15.1. The van der Waals surface area contributed by atoms with Crippen LogP contribution in [0.15, 0.2) is 5.11 Å². The van der Waals surface area contributed by atoms with Gasteiger partial charge in [-0.3, -0.25) is 0 Å². The van der Waals surface area contributed by atoms with Gasteiger partial charge in [0, 0.05) is 17.5 Å². The molecule has 1 fully saturated rings. The predicted octanol–water partition coefficient (Wildman–Crippen LogP) is 1.28. The summed E-state index contributed by atoms with van der Waals surface area (Å²) < 4.78 is 0. The number of hydrogen-bond acceptors (Lipinski definition) is 2. The average Bonchev–Trinajstić information content (AvgIpc) is 2.31. The summed E-state index contributed by atoms with van der Waals surface area (Å²) in [4.78, 5) is 2.69. The number of rotatable bonds is 2. The molecule has 0 bridgehead atoms. The first-order valence-electron chi connectivity index (χ1n) is 3.37. The molecule has 0 aromatic carbocycles. The van der Waals surface area contributed by atoms with Crippen molar-refractivity contribution in [2.45, 2.75) is 19.9 Å². The molecule has 1 rings (SSSR count). The van der Waals surface area contributed by atoms with E-state index in [2.05, 4.69) is 23.9 Å². The van der Waals surface area contributed by atoms with Crippen LogP contribution in [0.4, 0.5) is 0 Å². The maximum Gasteiger partial charge on any atom is 0.0306 e. The molecular weight excluding hydrogens is 128 g/mol. The highest BCUT2D eigenvalue weighted by Crippen LogP contribution is 2.50. The molecule has 0 aliphatic heterocycles. The minimum Gasteiger partial charge on any atom is -0.327 e. The Hall–Kier alpha value is -0.730. The molecular formula is C6H12N4. The Balaban J connectivity index is 2.42. The van der Waals surface area contributed by atoms with Gasteiger partial charge in [-0.05, 0) is 16.9 Å². The van der Waals surface area contributed by atoms with Gasteiger partial charge in [0.2, 0.25) is 0 Å². The Bertz CT molecular complexity index is 180. The van der Waals surface area contributed by atoms with Gasteiger partial charge in [0.15, 0.2) is 0 Å². The van der Waals surface area contributed by atoms with Crippen LogP contribution < -0.4 is 5.73 Å². The lowest BCUT2D eigenvalue weighted by Gasteiger charge is -1.95. The monoisotopic (exact) mass is 140 g/mol. The molecule has 0 unspecified atom stereocenters. The van der Waals surface area contributed by atoms with Gasteiger partial charge in [0.05, 0.1) is 0 Å². The van der Waals surface area contributed by atoms with Crippen LogP contribution in [0.5, 0.6) is 0 Å². The van der Waals surface area contributed by atoms with E-state index in [4.69, 9.17) is 11.3 Å². The number of azide groups is 1. The smallest absolute Gasteiger partial charge is 0.0306 e. The van der Waals surface area contributed by atoms with E-state index >= 15 is 0 Å². The fourth-order valence-corrected chi connectivity index (χ4v) is 1.26. The van der Waals surface area contributed by atoms with E-state index in [-0.39, 0.29) is 11.5 Å². The van der Waals surface area contributed by atoms with Crippen LogP contribution in [0, 0.1) is 11.3 Å². The highest BCUT2D eigenvalue weighted by molar-refractivity contribution is 5.09. The first-order chi connectivity index (χ1) is 4.60. The maximum atomic E-state index is 8.02. The molecule has 10 heavy (non-hydrogen) atoms. The summed E-state index contributed by atoms with van der Waals surface area (Å²) in [5.74, 6) is 0.392. The van der Waals surface area contributed by atoms with Crippen molar-refractivity contribution in [2.24, 2.45) is 22.2 Å². The Morgan fingerprint density at radius 3 is 2.50 bits per heavy atom. The first-order valence-corrected chi connectivity index (χ1v) is 3.37. The number of nitrogens with two attached hydrogens (primary N) is 1. The van der Waals surface area contributed by atoms with Gasteiger partial charge >= 0.3 is 0 Å². The molecule has 2 N–H and O–H groups in total. The largest absolute Gasteiger partial charge is 0.327 e. The summed E-state index contributed by atoms with van der Waals surface area (Å²) in [6.45, 7) is 4.73. The van der Waals surface area contributed by atoms with Crippen LogP contribution in [-0.2, 0) is 0 Å². The lowest BCUT2D eigenvalue weighted by atomic mass is 10.1. The van der Waals surface area contributed by atoms with E-state index in [0.717, 1.165) is 0 Å². The zero-order valence-corrected chi connectivity index (χ0v) is 6.28. The first kappa shape index (κ1) is 7.38. The Morgan fingerprint density at radius 2 is 2.20 bits per heavy atom. The zero-order valence-electron chi connectivity index (χ0n) is 6.28. The van der Waals surface area contributed by atoms with Gasteiger partial charge in [-0.2, -0.15) is 0 Å². The molecule has 0 aromatic rings. The molecule has 0 aromatic heterocycles. The molecule has 1 aliphatic carbocycles. The second-order valence-electron chi connectivity index (χ2n) is 3.37. The minimum atomic E-state index is 0.189. The molecule has 0 radical (unpaired) electrons. The second kappa shape index (κ2) is 2.15. The molecule has 0 spiro atoms. The molecule has 0 saturated heterocycles. The standard InChI is InChI=1S/C6H12N4/c1-6(2)4(5(6)7)3-9-10-8/h4-5H,3,7H2,1-2H3/t4-,5+/m1/s1. The molecule has 4 heteroatoms. The average molecular weight is 140 g/mol. The van der Waals surface area contributed by atoms with Crippen molar-refractivity contribution in [2.75, 3.05) is 6.54 Å². The molecule has 56 valence electrons. The van der Waals surface area contributed by atoms with Gasteiger partial charge in [-0.1, -0.05) is 19.0 Å². The topological polar surface area (TPSA) is 74.8 Å². The van der Waals surface area contributed by atoms with Crippen molar-refractivity contribution in [1.29, 1.82) is 0 Å². The van der Waals surface area contributed by atoms with Crippen molar-refractivity contribution in [1.82, 2.24) is 0 Å². The third-order valence-electron chi connectivity index (χ3n) is 2.48. The fourth-order valence-electron chi connectivity index (χ4n) is 1.26. The van der Waals surface area contributed by atoms with Crippen molar-refractivity contribution in [3.8, 4) is 0 Å². The lowest BCUT2D eigenvalue weighted by molar-refractivity contribution is 0.557. The van der Waals surface area contributed by atoms with E-state index in [1.54, 1.807) is 0 Å². The van der Waals surface area contributed by atoms with Crippen LogP contribution in [0.1, 0.15) is 13.8 Å².